The SMILES string of the molecule is N#Cc1ccccc1OCC(=O)N/N=C\c1ccc(I)o1. The number of halogens is 1. The highest BCUT2D eigenvalue weighted by Crippen LogP contribution is 2.16. The summed E-state index contributed by atoms with van der Waals surface area (Å²) in [6.07, 6.45) is 1.39. The van der Waals surface area contributed by atoms with Crippen molar-refractivity contribution < 1.29 is 13.9 Å². The minimum absolute atomic E-state index is 0.230. The van der Waals surface area contributed by atoms with Crippen molar-refractivity contribution in [3.63, 3.8) is 0 Å². The molecule has 0 aliphatic heterocycles. The molecule has 0 spiro atoms. The third-order valence-corrected chi connectivity index (χ3v) is 2.92. The van der Waals surface area contributed by atoms with Crippen LogP contribution in [0.4, 0.5) is 0 Å². The Labute approximate surface area is 134 Å². The van der Waals surface area contributed by atoms with Gasteiger partial charge in [-0.05, 0) is 46.9 Å². The van der Waals surface area contributed by atoms with E-state index in [2.05, 4.69) is 10.5 Å². The molecule has 0 bridgehead atoms. The number of carbonyl (C=O) groups is 1. The van der Waals surface area contributed by atoms with E-state index in [0.29, 0.717) is 17.1 Å². The molecule has 1 heterocycles. The Hall–Kier alpha value is -2.34. The zero-order valence-corrected chi connectivity index (χ0v) is 12.9. The van der Waals surface area contributed by atoms with Crippen molar-refractivity contribution in [2.24, 2.45) is 5.10 Å². The van der Waals surface area contributed by atoms with Gasteiger partial charge in [-0.25, -0.2) is 5.43 Å². The second-order valence-corrected chi connectivity index (χ2v) is 4.89. The van der Waals surface area contributed by atoms with Crippen LogP contribution >= 0.6 is 22.6 Å². The van der Waals surface area contributed by atoms with E-state index in [1.54, 1.807) is 36.4 Å². The third kappa shape index (κ3) is 4.61. The number of nitriles is 1. The Balaban J connectivity index is 1.82. The van der Waals surface area contributed by atoms with Gasteiger partial charge in [0, 0.05) is 0 Å². The van der Waals surface area contributed by atoms with Crippen LogP contribution in [0.25, 0.3) is 0 Å². The molecule has 1 aromatic heterocycles. The van der Waals surface area contributed by atoms with Crippen molar-refractivity contribution >= 4 is 34.7 Å². The van der Waals surface area contributed by atoms with Crippen molar-refractivity contribution in [1.29, 1.82) is 5.26 Å². The van der Waals surface area contributed by atoms with E-state index in [9.17, 15) is 4.79 Å². The number of hydrogen-bond donors (Lipinski definition) is 1. The second kappa shape index (κ2) is 7.44. The molecule has 0 unspecified atom stereocenters. The molecule has 6 nitrogen and oxygen atoms in total. The Morgan fingerprint density at radius 2 is 2.24 bits per heavy atom. The number of furan rings is 1. The maximum Gasteiger partial charge on any atom is 0.277 e. The fourth-order valence-corrected chi connectivity index (χ4v) is 1.86. The van der Waals surface area contributed by atoms with Gasteiger partial charge in [-0.3, -0.25) is 4.79 Å². The highest BCUT2D eigenvalue weighted by molar-refractivity contribution is 14.1. The first kappa shape index (κ1) is 15.1. The van der Waals surface area contributed by atoms with E-state index in [1.807, 2.05) is 28.7 Å². The summed E-state index contributed by atoms with van der Waals surface area (Å²) in [6, 6.07) is 12.2. The number of carbonyl (C=O) groups excluding carboxylic acids is 1. The Morgan fingerprint density at radius 1 is 1.43 bits per heavy atom. The number of benzene rings is 1. The van der Waals surface area contributed by atoms with Crippen LogP contribution in [0, 0.1) is 15.1 Å². The minimum atomic E-state index is -0.430. The molecule has 0 radical (unpaired) electrons. The van der Waals surface area contributed by atoms with Crippen LogP contribution in [0.3, 0.4) is 0 Å². The van der Waals surface area contributed by atoms with Gasteiger partial charge in [0.25, 0.3) is 5.91 Å². The average molecular weight is 395 g/mol. The van der Waals surface area contributed by atoms with Crippen LogP contribution in [-0.4, -0.2) is 18.7 Å². The number of amides is 1. The Morgan fingerprint density at radius 3 is 2.95 bits per heavy atom. The monoisotopic (exact) mass is 395 g/mol. The molecule has 0 aliphatic carbocycles. The lowest BCUT2D eigenvalue weighted by atomic mass is 10.2. The molecule has 0 fully saturated rings. The number of hydrogen-bond acceptors (Lipinski definition) is 5. The van der Waals surface area contributed by atoms with Gasteiger partial charge in [0.15, 0.2) is 10.4 Å². The van der Waals surface area contributed by atoms with Crippen LogP contribution in [0.1, 0.15) is 11.3 Å². The van der Waals surface area contributed by atoms with E-state index in [-0.39, 0.29) is 6.61 Å². The highest BCUT2D eigenvalue weighted by atomic mass is 127. The lowest BCUT2D eigenvalue weighted by Gasteiger charge is -2.05. The smallest absolute Gasteiger partial charge is 0.277 e. The molecular weight excluding hydrogens is 385 g/mol. The largest absolute Gasteiger partial charge is 0.482 e. The number of hydrazone groups is 1. The average Bonchev–Trinajstić information content (AvgIpc) is 2.91. The van der Waals surface area contributed by atoms with Crippen molar-refractivity contribution in [3.05, 3.63) is 51.5 Å². The summed E-state index contributed by atoms with van der Waals surface area (Å²) < 4.78 is 11.2. The van der Waals surface area contributed by atoms with Crippen LogP contribution < -0.4 is 10.2 Å². The molecule has 106 valence electrons. The van der Waals surface area contributed by atoms with Gasteiger partial charge in [0.05, 0.1) is 11.8 Å². The molecule has 1 amide bonds. The van der Waals surface area contributed by atoms with Crippen LogP contribution in [0.5, 0.6) is 5.75 Å². The molecule has 2 aromatic rings. The molecule has 1 aromatic carbocycles. The first-order valence-electron chi connectivity index (χ1n) is 5.88. The number of rotatable bonds is 5. The molecular formula is C14H10IN3O3. The summed E-state index contributed by atoms with van der Waals surface area (Å²) in [4.78, 5) is 11.5. The topological polar surface area (TPSA) is 87.6 Å². The summed E-state index contributed by atoms with van der Waals surface area (Å²) in [5, 5.41) is 12.6. The quantitative estimate of drug-likeness (QED) is 0.478. The predicted molar refractivity (Wildman–Crippen MR) is 83.8 cm³/mol. The summed E-state index contributed by atoms with van der Waals surface area (Å²) >= 11 is 2.03. The lowest BCUT2D eigenvalue weighted by Crippen LogP contribution is -2.24. The third-order valence-electron chi connectivity index (χ3n) is 2.34. The summed E-state index contributed by atoms with van der Waals surface area (Å²) in [5.41, 5.74) is 2.68. The number of nitrogens with one attached hydrogen (secondary N) is 1. The maximum atomic E-state index is 11.5. The maximum absolute atomic E-state index is 11.5. The number of ether oxygens (including phenoxy) is 1. The predicted octanol–water partition coefficient (Wildman–Crippen LogP) is 2.28. The molecule has 0 saturated heterocycles. The minimum Gasteiger partial charge on any atom is -0.482 e. The van der Waals surface area contributed by atoms with Crippen LogP contribution in [-0.2, 0) is 4.79 Å². The van der Waals surface area contributed by atoms with E-state index in [1.165, 1.54) is 6.21 Å². The molecule has 2 rings (SSSR count). The van der Waals surface area contributed by atoms with Gasteiger partial charge in [-0.1, -0.05) is 12.1 Å². The zero-order chi connectivity index (χ0) is 15.1. The van der Waals surface area contributed by atoms with Crippen molar-refractivity contribution in [1.82, 2.24) is 5.43 Å². The molecule has 1 N–H and O–H groups in total. The van der Waals surface area contributed by atoms with Crippen molar-refractivity contribution in [3.8, 4) is 11.8 Å². The first-order valence-corrected chi connectivity index (χ1v) is 6.96. The van der Waals surface area contributed by atoms with E-state index < -0.39 is 5.91 Å². The van der Waals surface area contributed by atoms with Crippen LogP contribution in [0.15, 0.2) is 45.9 Å². The fraction of sp³-hybridized carbons (Fsp3) is 0.0714. The van der Waals surface area contributed by atoms with Crippen LogP contribution in [0.2, 0.25) is 0 Å². The fourth-order valence-electron chi connectivity index (χ4n) is 1.43. The lowest BCUT2D eigenvalue weighted by molar-refractivity contribution is -0.123. The van der Waals surface area contributed by atoms with E-state index >= 15 is 0 Å². The standard InChI is InChI=1S/C14H10IN3O3/c15-13-6-5-11(21-13)8-17-18-14(19)9-20-12-4-2-1-3-10(12)7-16/h1-6,8H,9H2,(H,18,19)/b17-8-. The van der Waals surface area contributed by atoms with Gasteiger partial charge in [0.1, 0.15) is 17.6 Å². The van der Waals surface area contributed by atoms with Gasteiger partial charge < -0.3 is 9.15 Å². The summed E-state index contributed by atoms with van der Waals surface area (Å²) in [5.74, 6) is 0.468. The zero-order valence-electron chi connectivity index (χ0n) is 10.7. The normalized spacial score (nSPS) is 10.3. The van der Waals surface area contributed by atoms with E-state index in [4.69, 9.17) is 14.4 Å². The Bertz CT molecular complexity index is 703. The summed E-state index contributed by atoms with van der Waals surface area (Å²) in [6.45, 7) is -0.230. The number of nitrogens with zero attached hydrogens (tertiary/aromatic N) is 2. The van der Waals surface area contributed by atoms with Crippen molar-refractivity contribution in [2.45, 2.75) is 0 Å². The van der Waals surface area contributed by atoms with Gasteiger partial charge in [-0.2, -0.15) is 10.4 Å². The van der Waals surface area contributed by atoms with Gasteiger partial charge in [0.2, 0.25) is 0 Å². The highest BCUT2D eigenvalue weighted by Gasteiger charge is 2.05. The summed E-state index contributed by atoms with van der Waals surface area (Å²) in [7, 11) is 0. The second-order valence-electron chi connectivity index (χ2n) is 3.83. The van der Waals surface area contributed by atoms with Gasteiger partial charge in [-0.15, -0.1) is 0 Å². The van der Waals surface area contributed by atoms with Crippen molar-refractivity contribution in [2.75, 3.05) is 6.61 Å². The first-order chi connectivity index (χ1) is 10.2. The molecule has 0 saturated carbocycles. The van der Waals surface area contributed by atoms with Gasteiger partial charge >= 0.3 is 0 Å². The van der Waals surface area contributed by atoms with E-state index in [0.717, 1.165) is 3.77 Å². The molecule has 0 aliphatic rings. The molecule has 21 heavy (non-hydrogen) atoms. The number of para-hydroxylation sites is 1. The Kier molecular flexibility index (Phi) is 5.34. The molecule has 0 atom stereocenters. The molecule has 7 heteroatoms.